The zero-order valence-corrected chi connectivity index (χ0v) is 12.2. The van der Waals surface area contributed by atoms with Crippen LogP contribution < -0.4 is 10.1 Å². The van der Waals surface area contributed by atoms with Gasteiger partial charge in [-0.15, -0.1) is 0 Å². The van der Waals surface area contributed by atoms with Gasteiger partial charge in [0.2, 0.25) is 0 Å². The Kier molecular flexibility index (Phi) is 6.19. The Morgan fingerprint density at radius 1 is 1.37 bits per heavy atom. The zero-order chi connectivity index (χ0) is 14.3. The summed E-state index contributed by atoms with van der Waals surface area (Å²) >= 11 is 0. The second-order valence-corrected chi connectivity index (χ2v) is 4.57. The topological polar surface area (TPSA) is 47.6 Å². The fourth-order valence-electron chi connectivity index (χ4n) is 1.92. The van der Waals surface area contributed by atoms with Crippen LogP contribution in [0, 0.1) is 6.92 Å². The molecule has 0 aliphatic heterocycles. The Balaban J connectivity index is 2.88. The molecule has 1 N–H and O–H groups in total. The van der Waals surface area contributed by atoms with Crippen molar-refractivity contribution in [1.29, 1.82) is 0 Å². The van der Waals surface area contributed by atoms with Gasteiger partial charge in [-0.05, 0) is 31.0 Å². The number of carbonyl (C=O) groups excluding carboxylic acids is 1. The van der Waals surface area contributed by atoms with Gasteiger partial charge in [-0.3, -0.25) is 0 Å². The van der Waals surface area contributed by atoms with Gasteiger partial charge in [-0.1, -0.05) is 25.8 Å². The Bertz CT molecular complexity index is 418. The first-order valence-electron chi connectivity index (χ1n) is 6.61. The summed E-state index contributed by atoms with van der Waals surface area (Å²) in [5.41, 5.74) is 1.94. The third-order valence-electron chi connectivity index (χ3n) is 3.02. The van der Waals surface area contributed by atoms with Crippen molar-refractivity contribution < 1.29 is 14.3 Å². The highest BCUT2D eigenvalue weighted by Crippen LogP contribution is 2.26. The third-order valence-corrected chi connectivity index (χ3v) is 3.02. The van der Waals surface area contributed by atoms with Crippen molar-refractivity contribution in [2.45, 2.75) is 39.2 Å². The summed E-state index contributed by atoms with van der Waals surface area (Å²) < 4.78 is 10.1. The molecule has 4 heteroatoms. The molecule has 1 unspecified atom stereocenters. The van der Waals surface area contributed by atoms with Crippen molar-refractivity contribution in [3.8, 4) is 5.75 Å². The standard InChI is InChI=1S/C15H23NO3/c1-5-6-7-12(15(17)19-4)16-13-10-11(2)8-9-14(13)18-3/h8-10,12,16H,5-7H2,1-4H3. The molecule has 1 rings (SSSR count). The summed E-state index contributed by atoms with van der Waals surface area (Å²) in [7, 11) is 3.03. The molecule has 4 nitrogen and oxygen atoms in total. The molecule has 0 saturated carbocycles. The predicted octanol–water partition coefficient (Wildman–Crippen LogP) is 3.15. The van der Waals surface area contributed by atoms with E-state index in [1.807, 2.05) is 25.1 Å². The summed E-state index contributed by atoms with van der Waals surface area (Å²) in [6.07, 6.45) is 2.77. The van der Waals surface area contributed by atoms with Crippen LogP contribution in [0.4, 0.5) is 5.69 Å². The van der Waals surface area contributed by atoms with Crippen molar-refractivity contribution in [2.75, 3.05) is 19.5 Å². The quantitative estimate of drug-likeness (QED) is 0.769. The van der Waals surface area contributed by atoms with Gasteiger partial charge in [-0.2, -0.15) is 0 Å². The lowest BCUT2D eigenvalue weighted by molar-refractivity contribution is -0.141. The van der Waals surface area contributed by atoms with Crippen LogP contribution in [0.15, 0.2) is 18.2 Å². The van der Waals surface area contributed by atoms with Crippen LogP contribution >= 0.6 is 0 Å². The zero-order valence-electron chi connectivity index (χ0n) is 12.2. The van der Waals surface area contributed by atoms with Gasteiger partial charge in [0.25, 0.3) is 0 Å². The number of nitrogens with one attached hydrogen (secondary N) is 1. The highest BCUT2D eigenvalue weighted by atomic mass is 16.5. The number of hydrogen-bond donors (Lipinski definition) is 1. The average molecular weight is 265 g/mol. The summed E-state index contributed by atoms with van der Waals surface area (Å²) in [5, 5.41) is 3.23. The molecule has 0 fully saturated rings. The maximum Gasteiger partial charge on any atom is 0.328 e. The van der Waals surface area contributed by atoms with E-state index in [0.29, 0.717) is 0 Å². The fraction of sp³-hybridized carbons (Fsp3) is 0.533. The minimum absolute atomic E-state index is 0.239. The minimum Gasteiger partial charge on any atom is -0.495 e. The summed E-state index contributed by atoms with van der Waals surface area (Å²) in [4.78, 5) is 11.8. The SMILES string of the molecule is CCCCC(Nc1cc(C)ccc1OC)C(=O)OC. The summed E-state index contributed by atoms with van der Waals surface area (Å²) in [6.45, 7) is 4.10. The molecule has 1 aromatic rings. The molecule has 1 atom stereocenters. The van der Waals surface area contributed by atoms with E-state index in [0.717, 1.165) is 36.3 Å². The molecule has 0 heterocycles. The second-order valence-electron chi connectivity index (χ2n) is 4.57. The number of hydrogen-bond acceptors (Lipinski definition) is 4. The number of carbonyl (C=O) groups is 1. The van der Waals surface area contributed by atoms with Crippen molar-refractivity contribution >= 4 is 11.7 Å². The lowest BCUT2D eigenvalue weighted by atomic mass is 10.1. The molecule has 1 aromatic carbocycles. The van der Waals surface area contributed by atoms with E-state index in [1.54, 1.807) is 7.11 Å². The number of methoxy groups -OCH3 is 2. The number of esters is 1. The van der Waals surface area contributed by atoms with Crippen LogP contribution in [0.2, 0.25) is 0 Å². The number of ether oxygens (including phenoxy) is 2. The van der Waals surface area contributed by atoms with Crippen molar-refractivity contribution in [2.24, 2.45) is 0 Å². The third kappa shape index (κ3) is 4.47. The van der Waals surface area contributed by atoms with Gasteiger partial charge in [0, 0.05) is 0 Å². The predicted molar refractivity (Wildman–Crippen MR) is 76.7 cm³/mol. The number of rotatable bonds is 7. The van der Waals surface area contributed by atoms with Crippen LogP contribution in [0.3, 0.4) is 0 Å². The monoisotopic (exact) mass is 265 g/mol. The lowest BCUT2D eigenvalue weighted by Crippen LogP contribution is -2.30. The first-order chi connectivity index (χ1) is 9.12. The van der Waals surface area contributed by atoms with E-state index in [2.05, 4.69) is 12.2 Å². The van der Waals surface area contributed by atoms with Crippen molar-refractivity contribution in [1.82, 2.24) is 0 Å². The van der Waals surface area contributed by atoms with Gasteiger partial charge >= 0.3 is 5.97 Å². The van der Waals surface area contributed by atoms with Crippen LogP contribution in [0.5, 0.6) is 5.75 Å². The number of unbranched alkanes of at least 4 members (excludes halogenated alkanes) is 1. The van der Waals surface area contributed by atoms with Crippen LogP contribution in [-0.2, 0) is 9.53 Å². The Labute approximate surface area is 115 Å². The number of benzene rings is 1. The number of aryl methyl sites for hydroxylation is 1. The van der Waals surface area contributed by atoms with Gasteiger partial charge in [-0.25, -0.2) is 4.79 Å². The number of anilines is 1. The lowest BCUT2D eigenvalue weighted by Gasteiger charge is -2.19. The van der Waals surface area contributed by atoms with Gasteiger partial charge in [0.05, 0.1) is 19.9 Å². The van der Waals surface area contributed by atoms with Crippen LogP contribution in [0.25, 0.3) is 0 Å². The van der Waals surface area contributed by atoms with Gasteiger partial charge in [0.1, 0.15) is 11.8 Å². The van der Waals surface area contributed by atoms with Crippen LogP contribution in [0.1, 0.15) is 31.7 Å². The molecule has 0 aliphatic carbocycles. The molecular weight excluding hydrogens is 242 g/mol. The fourth-order valence-corrected chi connectivity index (χ4v) is 1.92. The van der Waals surface area contributed by atoms with Crippen LogP contribution in [-0.4, -0.2) is 26.2 Å². The maximum atomic E-state index is 11.8. The summed E-state index contributed by atoms with van der Waals surface area (Å²) in [5.74, 6) is 0.494. The normalized spacial score (nSPS) is 11.8. The van der Waals surface area contributed by atoms with E-state index < -0.39 is 0 Å². The van der Waals surface area contributed by atoms with E-state index in [1.165, 1.54) is 7.11 Å². The van der Waals surface area contributed by atoms with E-state index in [-0.39, 0.29) is 12.0 Å². The molecule has 0 amide bonds. The van der Waals surface area contributed by atoms with Gasteiger partial charge in [0.15, 0.2) is 0 Å². The van der Waals surface area contributed by atoms with E-state index in [4.69, 9.17) is 9.47 Å². The molecule has 0 spiro atoms. The van der Waals surface area contributed by atoms with Crippen molar-refractivity contribution in [3.63, 3.8) is 0 Å². The molecule has 0 bridgehead atoms. The molecule has 0 aliphatic rings. The second kappa shape index (κ2) is 7.67. The minimum atomic E-state index is -0.333. The Morgan fingerprint density at radius 3 is 2.68 bits per heavy atom. The Hall–Kier alpha value is -1.71. The van der Waals surface area contributed by atoms with Crippen molar-refractivity contribution in [3.05, 3.63) is 23.8 Å². The average Bonchev–Trinajstić information content (AvgIpc) is 2.42. The molecule has 0 radical (unpaired) electrons. The summed E-state index contributed by atoms with van der Waals surface area (Å²) in [6, 6.07) is 5.51. The smallest absolute Gasteiger partial charge is 0.328 e. The Morgan fingerprint density at radius 2 is 2.11 bits per heavy atom. The molecular formula is C15H23NO3. The molecule has 106 valence electrons. The van der Waals surface area contributed by atoms with E-state index in [9.17, 15) is 4.79 Å². The first kappa shape index (κ1) is 15.3. The maximum absolute atomic E-state index is 11.8. The molecule has 0 aromatic heterocycles. The highest BCUT2D eigenvalue weighted by Gasteiger charge is 2.19. The molecule has 0 saturated heterocycles. The van der Waals surface area contributed by atoms with Gasteiger partial charge < -0.3 is 14.8 Å². The highest BCUT2D eigenvalue weighted by molar-refractivity contribution is 5.80. The molecule has 19 heavy (non-hydrogen) atoms. The van der Waals surface area contributed by atoms with E-state index >= 15 is 0 Å². The first-order valence-corrected chi connectivity index (χ1v) is 6.61. The largest absolute Gasteiger partial charge is 0.495 e.